The highest BCUT2D eigenvalue weighted by Crippen LogP contribution is 2.03. The number of thiol groups is 1. The molecule has 1 atom stereocenters. The summed E-state index contributed by atoms with van der Waals surface area (Å²) in [5.74, 6) is -1.82. The zero-order chi connectivity index (χ0) is 20.2. The van der Waals surface area contributed by atoms with E-state index in [0.717, 1.165) is 5.56 Å². The van der Waals surface area contributed by atoms with Crippen LogP contribution in [-0.4, -0.2) is 65.7 Å². The van der Waals surface area contributed by atoms with E-state index < -0.39 is 42.7 Å². The van der Waals surface area contributed by atoms with Gasteiger partial charge in [-0.05, 0) is 5.56 Å². The first-order chi connectivity index (χ1) is 12.8. The maximum Gasteiger partial charge on any atom is 0.472 e. The number of benzene rings is 1. The molecule has 10 nitrogen and oxygen atoms in total. The number of carbonyl (C=O) groups excluding carboxylic acids is 4. The van der Waals surface area contributed by atoms with Crippen molar-refractivity contribution in [2.24, 2.45) is 0 Å². The number of rotatable bonds is 10. The minimum Gasteiger partial charge on any atom is -0.426 e. The van der Waals surface area contributed by atoms with Gasteiger partial charge in [0, 0.05) is 6.42 Å². The number of carbonyl (C=O) groups is 4. The molecule has 0 aromatic heterocycles. The molecule has 27 heavy (non-hydrogen) atoms. The van der Waals surface area contributed by atoms with Crippen molar-refractivity contribution < 1.29 is 29.2 Å². The monoisotopic (exact) mass is 396 g/mol. The summed E-state index contributed by atoms with van der Waals surface area (Å²) in [6.45, 7) is -0.754. The van der Waals surface area contributed by atoms with Gasteiger partial charge in [-0.2, -0.15) is 0 Å². The Hall–Kier alpha value is -2.57. The van der Waals surface area contributed by atoms with Gasteiger partial charge < -0.3 is 31.3 Å². The average Bonchev–Trinajstić information content (AvgIpc) is 2.63. The molecule has 0 saturated carbocycles. The summed E-state index contributed by atoms with van der Waals surface area (Å²) >= 11 is 3.48. The van der Waals surface area contributed by atoms with E-state index in [4.69, 9.17) is 10.0 Å². The van der Waals surface area contributed by atoms with Crippen LogP contribution in [0, 0.1) is 0 Å². The summed E-state index contributed by atoms with van der Waals surface area (Å²) in [7, 11) is -1.70. The topological polar surface area (TPSA) is 157 Å². The normalized spacial score (nSPS) is 11.1. The summed E-state index contributed by atoms with van der Waals surface area (Å²) < 4.78 is 0. The lowest BCUT2D eigenvalue weighted by Gasteiger charge is -2.18. The maximum atomic E-state index is 12.4. The molecular formula is C15H21BN4O6S. The molecule has 0 bridgehead atoms. The van der Waals surface area contributed by atoms with E-state index in [0.29, 0.717) is 0 Å². The third kappa shape index (κ3) is 10.2. The fourth-order valence-electron chi connectivity index (χ4n) is 2.02. The summed E-state index contributed by atoms with van der Waals surface area (Å²) in [6, 6.07) is 7.93. The van der Waals surface area contributed by atoms with Crippen molar-refractivity contribution in [1.29, 1.82) is 0 Å². The summed E-state index contributed by atoms with van der Waals surface area (Å²) in [6.07, 6.45) is -0.202. The number of hydrogen-bond donors (Lipinski definition) is 7. The molecule has 12 heteroatoms. The van der Waals surface area contributed by atoms with E-state index in [1.54, 1.807) is 30.3 Å². The Bertz CT molecular complexity index is 661. The maximum absolute atomic E-state index is 12.4. The molecule has 6 N–H and O–H groups in total. The van der Waals surface area contributed by atoms with Crippen LogP contribution in [0.2, 0.25) is 0 Å². The Kier molecular flexibility index (Phi) is 9.94. The Morgan fingerprint density at radius 2 is 1.59 bits per heavy atom. The molecule has 0 aliphatic rings. The zero-order valence-electron chi connectivity index (χ0n) is 14.3. The van der Waals surface area contributed by atoms with Crippen LogP contribution >= 0.6 is 12.6 Å². The Morgan fingerprint density at radius 1 is 0.963 bits per heavy atom. The van der Waals surface area contributed by atoms with E-state index in [1.165, 1.54) is 0 Å². The molecule has 1 aromatic carbocycles. The lowest BCUT2D eigenvalue weighted by Crippen LogP contribution is -2.52. The fourth-order valence-corrected chi connectivity index (χ4v) is 2.10. The zero-order valence-corrected chi connectivity index (χ0v) is 15.2. The molecule has 1 rings (SSSR count). The third-order valence-electron chi connectivity index (χ3n) is 3.24. The summed E-state index contributed by atoms with van der Waals surface area (Å²) in [5.41, 5.74) is 0.782. The molecule has 0 aliphatic carbocycles. The van der Waals surface area contributed by atoms with Crippen LogP contribution in [0.4, 0.5) is 4.79 Å². The van der Waals surface area contributed by atoms with Crippen molar-refractivity contribution in [3.63, 3.8) is 0 Å². The second-order valence-corrected chi connectivity index (χ2v) is 5.88. The smallest absolute Gasteiger partial charge is 0.426 e. The first kappa shape index (κ1) is 22.5. The van der Waals surface area contributed by atoms with Gasteiger partial charge in [0.1, 0.15) is 6.04 Å². The van der Waals surface area contributed by atoms with Crippen LogP contribution in [0.15, 0.2) is 30.3 Å². The van der Waals surface area contributed by atoms with Crippen molar-refractivity contribution in [3.05, 3.63) is 35.9 Å². The van der Waals surface area contributed by atoms with Gasteiger partial charge in [-0.1, -0.05) is 43.0 Å². The molecule has 0 fully saturated rings. The van der Waals surface area contributed by atoms with Crippen molar-refractivity contribution in [2.45, 2.75) is 12.5 Å². The van der Waals surface area contributed by atoms with Gasteiger partial charge in [0.25, 0.3) is 5.24 Å². The number of amides is 4. The third-order valence-corrected chi connectivity index (χ3v) is 3.40. The van der Waals surface area contributed by atoms with Crippen molar-refractivity contribution in [2.75, 3.05) is 19.5 Å². The van der Waals surface area contributed by atoms with Gasteiger partial charge in [0.05, 0.1) is 19.5 Å². The SMILES string of the molecule is O=C(S)NCC(=O)NC(Cc1ccccc1)C(=O)NCC(=O)NCB(O)O. The molecule has 146 valence electrons. The standard InChI is InChI=1S/C15H21BN4O6S/c21-12(19-9-16(25)26)7-17-14(23)11(6-10-4-2-1-3-5-10)20-13(22)8-18-15(24)27/h1-5,11,25-26H,6-9H2,(H,17,23)(H,19,21)(H,20,22)(H2,18,24,27). The van der Waals surface area contributed by atoms with Crippen LogP contribution in [-0.2, 0) is 20.8 Å². The highest BCUT2D eigenvalue weighted by atomic mass is 32.1. The molecule has 0 saturated heterocycles. The molecular weight excluding hydrogens is 375 g/mol. The number of hydrogen-bond acceptors (Lipinski definition) is 6. The van der Waals surface area contributed by atoms with Crippen LogP contribution in [0.5, 0.6) is 0 Å². The highest BCUT2D eigenvalue weighted by Gasteiger charge is 2.22. The molecule has 0 spiro atoms. The van der Waals surface area contributed by atoms with Crippen molar-refractivity contribution >= 4 is 42.7 Å². The van der Waals surface area contributed by atoms with Gasteiger partial charge in [0.15, 0.2) is 0 Å². The first-order valence-corrected chi connectivity index (χ1v) is 8.43. The van der Waals surface area contributed by atoms with Crippen LogP contribution in [0.1, 0.15) is 5.56 Å². The van der Waals surface area contributed by atoms with Gasteiger partial charge in [-0.25, -0.2) is 0 Å². The van der Waals surface area contributed by atoms with Crippen LogP contribution in [0.25, 0.3) is 0 Å². The largest absolute Gasteiger partial charge is 0.472 e. The first-order valence-electron chi connectivity index (χ1n) is 7.98. The van der Waals surface area contributed by atoms with Gasteiger partial charge >= 0.3 is 7.12 Å². The van der Waals surface area contributed by atoms with Gasteiger partial charge in [0.2, 0.25) is 17.7 Å². The van der Waals surface area contributed by atoms with Gasteiger partial charge in [-0.3, -0.25) is 19.2 Å². The minimum absolute atomic E-state index is 0.171. The quantitative estimate of drug-likeness (QED) is 0.173. The lowest BCUT2D eigenvalue weighted by atomic mass is 9.92. The van der Waals surface area contributed by atoms with Crippen LogP contribution < -0.4 is 21.3 Å². The Balaban J connectivity index is 2.65. The minimum atomic E-state index is -1.70. The van der Waals surface area contributed by atoms with E-state index in [2.05, 4.69) is 33.9 Å². The summed E-state index contributed by atoms with van der Waals surface area (Å²) in [5, 5.41) is 25.9. The number of nitrogens with one attached hydrogen (secondary N) is 4. The molecule has 1 aromatic rings. The molecule has 0 radical (unpaired) electrons. The van der Waals surface area contributed by atoms with E-state index >= 15 is 0 Å². The Labute approximate surface area is 161 Å². The lowest BCUT2D eigenvalue weighted by molar-refractivity contribution is -0.130. The van der Waals surface area contributed by atoms with E-state index in [-0.39, 0.29) is 19.4 Å². The van der Waals surface area contributed by atoms with Crippen molar-refractivity contribution in [3.8, 4) is 0 Å². The summed E-state index contributed by atoms with van der Waals surface area (Å²) in [4.78, 5) is 46.6. The molecule has 4 amide bonds. The second-order valence-electron chi connectivity index (χ2n) is 5.47. The highest BCUT2D eigenvalue weighted by molar-refractivity contribution is 7.96. The predicted octanol–water partition coefficient (Wildman–Crippen LogP) is -2.40. The average molecular weight is 396 g/mol. The Morgan fingerprint density at radius 3 is 2.19 bits per heavy atom. The van der Waals surface area contributed by atoms with E-state index in [1.807, 2.05) is 0 Å². The predicted molar refractivity (Wildman–Crippen MR) is 101 cm³/mol. The van der Waals surface area contributed by atoms with Crippen molar-refractivity contribution in [1.82, 2.24) is 21.3 Å². The fraction of sp³-hybridized carbons (Fsp3) is 0.333. The van der Waals surface area contributed by atoms with E-state index in [9.17, 15) is 19.2 Å². The van der Waals surface area contributed by atoms with Gasteiger partial charge in [-0.15, -0.1) is 0 Å². The molecule has 0 heterocycles. The molecule has 0 aliphatic heterocycles. The van der Waals surface area contributed by atoms with Crippen LogP contribution in [0.3, 0.4) is 0 Å². The second kappa shape index (κ2) is 11.9. The molecule has 1 unspecified atom stereocenters.